The first kappa shape index (κ1) is 11.3. The molecule has 0 unspecified atom stereocenters. The van der Waals surface area contributed by atoms with E-state index in [1.807, 2.05) is 0 Å². The molecule has 3 N–H and O–H groups in total. The van der Waals surface area contributed by atoms with Crippen molar-refractivity contribution in [2.75, 3.05) is 5.32 Å². The zero-order chi connectivity index (χ0) is 11.7. The Balaban J connectivity index is 2.16. The number of anilines is 1. The third-order valence-electron chi connectivity index (χ3n) is 2.98. The summed E-state index contributed by atoms with van der Waals surface area (Å²) in [5.41, 5.74) is 7.00. The van der Waals surface area contributed by atoms with Crippen LogP contribution < -0.4 is 11.1 Å². The highest BCUT2D eigenvalue weighted by Gasteiger charge is 2.25. The zero-order valence-electron chi connectivity index (χ0n) is 9.16. The van der Waals surface area contributed by atoms with Crippen molar-refractivity contribution in [3.8, 4) is 0 Å². The minimum Gasteiger partial charge on any atom is -0.389 e. The Kier molecular flexibility index (Phi) is 3.10. The summed E-state index contributed by atoms with van der Waals surface area (Å²) in [7, 11) is 0. The van der Waals surface area contributed by atoms with Gasteiger partial charge in [-0.1, -0.05) is 19.1 Å². The molecule has 1 aliphatic rings. The van der Waals surface area contributed by atoms with Gasteiger partial charge in [-0.05, 0) is 37.0 Å². The average molecular weight is 238 g/mol. The lowest BCUT2D eigenvalue weighted by Gasteiger charge is -2.34. The van der Waals surface area contributed by atoms with Crippen molar-refractivity contribution >= 4 is 22.9 Å². The molecule has 16 heavy (non-hydrogen) atoms. The topological polar surface area (TPSA) is 38.0 Å². The van der Waals surface area contributed by atoms with Gasteiger partial charge in [-0.2, -0.15) is 0 Å². The van der Waals surface area contributed by atoms with Gasteiger partial charge < -0.3 is 11.1 Å². The Morgan fingerprint density at radius 1 is 1.50 bits per heavy atom. The van der Waals surface area contributed by atoms with Crippen LogP contribution in [0.2, 0.25) is 0 Å². The van der Waals surface area contributed by atoms with Gasteiger partial charge in [0, 0.05) is 17.3 Å². The van der Waals surface area contributed by atoms with Gasteiger partial charge in [-0.3, -0.25) is 0 Å². The lowest BCUT2D eigenvalue weighted by molar-refractivity contribution is 0.309. The number of hydrogen-bond acceptors (Lipinski definition) is 2. The lowest BCUT2D eigenvalue weighted by Crippen LogP contribution is -2.34. The van der Waals surface area contributed by atoms with Crippen LogP contribution in [0.1, 0.15) is 25.3 Å². The van der Waals surface area contributed by atoms with Gasteiger partial charge in [0.15, 0.2) is 0 Å². The summed E-state index contributed by atoms with van der Waals surface area (Å²) in [5, 5.41) is 3.35. The molecule has 1 aliphatic carbocycles. The van der Waals surface area contributed by atoms with Crippen LogP contribution in [0.4, 0.5) is 10.1 Å². The molecule has 2 rings (SSSR count). The van der Waals surface area contributed by atoms with E-state index in [1.165, 1.54) is 12.1 Å². The predicted octanol–water partition coefficient (Wildman–Crippen LogP) is 2.67. The first-order valence-corrected chi connectivity index (χ1v) is 5.83. The summed E-state index contributed by atoms with van der Waals surface area (Å²) in [6, 6.07) is 4.97. The molecule has 1 aromatic rings. The first-order valence-electron chi connectivity index (χ1n) is 5.42. The van der Waals surface area contributed by atoms with E-state index in [-0.39, 0.29) is 10.8 Å². The van der Waals surface area contributed by atoms with Gasteiger partial charge in [0.25, 0.3) is 0 Å². The number of benzene rings is 1. The van der Waals surface area contributed by atoms with Crippen LogP contribution in [0.25, 0.3) is 0 Å². The maximum absolute atomic E-state index is 13.1. The highest BCUT2D eigenvalue weighted by atomic mass is 32.1. The molecule has 0 aliphatic heterocycles. The van der Waals surface area contributed by atoms with Crippen molar-refractivity contribution in [1.29, 1.82) is 0 Å². The summed E-state index contributed by atoms with van der Waals surface area (Å²) in [4.78, 5) is 0.231. The number of hydrogen-bond donors (Lipinski definition) is 2. The highest BCUT2D eigenvalue weighted by molar-refractivity contribution is 7.80. The Labute approximate surface area is 100 Å². The van der Waals surface area contributed by atoms with Gasteiger partial charge in [-0.15, -0.1) is 0 Å². The van der Waals surface area contributed by atoms with E-state index < -0.39 is 0 Å². The summed E-state index contributed by atoms with van der Waals surface area (Å²) in [5.74, 6) is 0.460. The van der Waals surface area contributed by atoms with E-state index in [9.17, 15) is 4.39 Å². The normalized spacial score (nSPS) is 23.6. The Bertz CT molecular complexity index is 413. The molecular formula is C12H15FN2S. The van der Waals surface area contributed by atoms with E-state index in [2.05, 4.69) is 12.2 Å². The molecule has 1 saturated carbocycles. The molecule has 0 heterocycles. The molecule has 0 aromatic heterocycles. The lowest BCUT2D eigenvalue weighted by atomic mass is 9.81. The molecule has 0 atom stereocenters. The van der Waals surface area contributed by atoms with Crippen molar-refractivity contribution in [2.45, 2.75) is 25.8 Å². The maximum atomic E-state index is 13.1. The van der Waals surface area contributed by atoms with Gasteiger partial charge in [0.05, 0.1) is 0 Å². The van der Waals surface area contributed by atoms with Crippen molar-refractivity contribution in [3.63, 3.8) is 0 Å². The molecular weight excluding hydrogens is 223 g/mol. The van der Waals surface area contributed by atoms with Gasteiger partial charge >= 0.3 is 0 Å². The summed E-state index contributed by atoms with van der Waals surface area (Å²) in [6.45, 7) is 2.22. The molecule has 0 radical (unpaired) electrons. The Morgan fingerprint density at radius 2 is 2.19 bits per heavy atom. The number of thiocarbonyl (C=S) groups is 1. The molecule has 4 heteroatoms. The van der Waals surface area contributed by atoms with Crippen molar-refractivity contribution in [2.24, 2.45) is 11.7 Å². The minimum atomic E-state index is -0.310. The van der Waals surface area contributed by atoms with Crippen LogP contribution in [0.15, 0.2) is 18.2 Å². The highest BCUT2D eigenvalue weighted by Crippen LogP contribution is 2.30. The number of rotatable bonds is 3. The molecule has 0 saturated heterocycles. The zero-order valence-corrected chi connectivity index (χ0v) is 9.98. The fourth-order valence-corrected chi connectivity index (χ4v) is 2.26. The smallest absolute Gasteiger partial charge is 0.124 e. The summed E-state index contributed by atoms with van der Waals surface area (Å²) >= 11 is 4.91. The second-order valence-electron chi connectivity index (χ2n) is 4.47. The van der Waals surface area contributed by atoms with Crippen LogP contribution in [-0.2, 0) is 0 Å². The van der Waals surface area contributed by atoms with Gasteiger partial charge in [0.1, 0.15) is 10.8 Å². The maximum Gasteiger partial charge on any atom is 0.124 e. The summed E-state index contributed by atoms with van der Waals surface area (Å²) in [6.07, 6.45) is 2.29. The van der Waals surface area contributed by atoms with Crippen LogP contribution in [0.5, 0.6) is 0 Å². The van der Waals surface area contributed by atoms with Gasteiger partial charge in [0.2, 0.25) is 0 Å². The molecule has 0 bridgehead atoms. The second-order valence-corrected chi connectivity index (χ2v) is 4.91. The number of nitrogens with one attached hydrogen (secondary N) is 1. The van der Waals surface area contributed by atoms with Crippen LogP contribution in [0, 0.1) is 11.7 Å². The molecule has 1 aromatic carbocycles. The molecule has 2 nitrogen and oxygen atoms in total. The van der Waals surface area contributed by atoms with Crippen LogP contribution in [0.3, 0.4) is 0 Å². The standard InChI is InChI=1S/C12H15FN2S/c1-7-4-9(5-7)15-11-3-2-8(13)6-10(11)12(14)16/h2-3,6-7,9,15H,4-5H2,1H3,(H2,14,16). The minimum absolute atomic E-state index is 0.231. The number of nitrogens with two attached hydrogens (primary N) is 1. The second kappa shape index (κ2) is 4.37. The molecule has 0 spiro atoms. The van der Waals surface area contributed by atoms with Crippen molar-refractivity contribution in [3.05, 3.63) is 29.6 Å². The van der Waals surface area contributed by atoms with Gasteiger partial charge in [-0.25, -0.2) is 4.39 Å². The van der Waals surface area contributed by atoms with E-state index in [4.69, 9.17) is 18.0 Å². The SMILES string of the molecule is CC1CC(Nc2ccc(F)cc2C(N)=S)C1. The predicted molar refractivity (Wildman–Crippen MR) is 68.1 cm³/mol. The molecule has 86 valence electrons. The van der Waals surface area contributed by atoms with E-state index >= 15 is 0 Å². The van der Waals surface area contributed by atoms with Crippen molar-refractivity contribution < 1.29 is 4.39 Å². The number of halogens is 1. The third kappa shape index (κ3) is 2.32. The van der Waals surface area contributed by atoms with E-state index in [0.29, 0.717) is 11.6 Å². The van der Waals surface area contributed by atoms with E-state index in [0.717, 1.165) is 24.4 Å². The Hall–Kier alpha value is -1.16. The largest absolute Gasteiger partial charge is 0.389 e. The van der Waals surface area contributed by atoms with Crippen molar-refractivity contribution in [1.82, 2.24) is 0 Å². The van der Waals surface area contributed by atoms with E-state index in [1.54, 1.807) is 6.07 Å². The van der Waals surface area contributed by atoms with Crippen LogP contribution >= 0.6 is 12.2 Å². The quantitative estimate of drug-likeness (QED) is 0.795. The van der Waals surface area contributed by atoms with Crippen LogP contribution in [-0.4, -0.2) is 11.0 Å². The Morgan fingerprint density at radius 3 is 2.75 bits per heavy atom. The molecule has 0 amide bonds. The summed E-state index contributed by atoms with van der Waals surface area (Å²) < 4.78 is 13.1. The average Bonchev–Trinajstić information content (AvgIpc) is 2.17. The monoisotopic (exact) mass is 238 g/mol. The fraction of sp³-hybridized carbons (Fsp3) is 0.417. The third-order valence-corrected chi connectivity index (χ3v) is 3.20. The first-order chi connectivity index (χ1) is 7.56. The fourth-order valence-electron chi connectivity index (χ4n) is 2.09. The molecule has 1 fully saturated rings.